The van der Waals surface area contributed by atoms with Crippen LogP contribution in [0.1, 0.15) is 27.6 Å². The number of anilines is 1. The van der Waals surface area contributed by atoms with Gasteiger partial charge in [-0.3, -0.25) is 4.79 Å². The Morgan fingerprint density at radius 2 is 1.77 bits per heavy atom. The third kappa shape index (κ3) is 4.31. The van der Waals surface area contributed by atoms with E-state index in [4.69, 9.17) is 4.74 Å². The van der Waals surface area contributed by atoms with E-state index in [-0.39, 0.29) is 11.8 Å². The van der Waals surface area contributed by atoms with Gasteiger partial charge in [-0.2, -0.15) is 0 Å². The Morgan fingerprint density at radius 1 is 1.05 bits per heavy atom. The molecular formula is C18H17NO3. The number of ketones is 1. The lowest BCUT2D eigenvalue weighted by Gasteiger charge is -2.04. The summed E-state index contributed by atoms with van der Waals surface area (Å²) in [6.07, 6.45) is 3.01. The van der Waals surface area contributed by atoms with Crippen molar-refractivity contribution in [2.45, 2.75) is 6.92 Å². The smallest absolute Gasteiger partial charge is 0.338 e. The summed E-state index contributed by atoms with van der Waals surface area (Å²) < 4.78 is 4.94. The third-order valence-corrected chi connectivity index (χ3v) is 2.92. The Morgan fingerprint density at radius 3 is 2.50 bits per heavy atom. The summed E-state index contributed by atoms with van der Waals surface area (Å²) in [4.78, 5) is 23.5. The molecule has 0 amide bonds. The molecule has 4 heteroatoms. The van der Waals surface area contributed by atoms with Crippen LogP contribution in [0, 0.1) is 0 Å². The van der Waals surface area contributed by atoms with Crippen molar-refractivity contribution in [2.24, 2.45) is 0 Å². The Hall–Kier alpha value is -2.88. The summed E-state index contributed by atoms with van der Waals surface area (Å²) in [6.45, 7) is 2.10. The third-order valence-electron chi connectivity index (χ3n) is 2.92. The van der Waals surface area contributed by atoms with Gasteiger partial charge in [0, 0.05) is 23.5 Å². The predicted molar refractivity (Wildman–Crippen MR) is 85.9 cm³/mol. The van der Waals surface area contributed by atoms with E-state index < -0.39 is 0 Å². The normalized spacial score (nSPS) is 10.4. The van der Waals surface area contributed by atoms with Crippen LogP contribution < -0.4 is 5.32 Å². The van der Waals surface area contributed by atoms with Gasteiger partial charge in [0.05, 0.1) is 12.2 Å². The first-order chi connectivity index (χ1) is 10.7. The lowest BCUT2D eigenvalue weighted by Crippen LogP contribution is -2.04. The van der Waals surface area contributed by atoms with Crippen LogP contribution in [0.25, 0.3) is 0 Å². The zero-order valence-electron chi connectivity index (χ0n) is 12.3. The molecule has 0 aliphatic heterocycles. The Balaban J connectivity index is 1.99. The van der Waals surface area contributed by atoms with Crippen LogP contribution in [0.4, 0.5) is 5.69 Å². The number of carbonyl (C=O) groups excluding carboxylic acids is 2. The van der Waals surface area contributed by atoms with Crippen molar-refractivity contribution in [3.05, 3.63) is 78.0 Å². The molecule has 22 heavy (non-hydrogen) atoms. The standard InChI is InChI=1S/C18H17NO3/c1-2-22-18(21)15-9-6-10-16(13-15)19-12-11-17(20)14-7-4-3-5-8-14/h3-13,19H,2H2,1H3/b12-11+. The molecule has 0 aliphatic rings. The monoisotopic (exact) mass is 295 g/mol. The number of nitrogens with one attached hydrogen (secondary N) is 1. The van der Waals surface area contributed by atoms with Crippen molar-refractivity contribution in [2.75, 3.05) is 11.9 Å². The van der Waals surface area contributed by atoms with Crippen molar-refractivity contribution in [3.8, 4) is 0 Å². The van der Waals surface area contributed by atoms with E-state index in [0.717, 1.165) is 0 Å². The summed E-state index contributed by atoms with van der Waals surface area (Å²) in [5.41, 5.74) is 1.80. The largest absolute Gasteiger partial charge is 0.462 e. The fourth-order valence-corrected chi connectivity index (χ4v) is 1.86. The van der Waals surface area contributed by atoms with E-state index in [1.165, 1.54) is 6.08 Å². The molecule has 0 atom stereocenters. The van der Waals surface area contributed by atoms with Crippen LogP contribution in [-0.4, -0.2) is 18.4 Å². The Bertz CT molecular complexity index is 678. The predicted octanol–water partition coefficient (Wildman–Crippen LogP) is 3.67. The Kier molecular flexibility index (Phi) is 5.49. The summed E-state index contributed by atoms with van der Waals surface area (Å²) in [6, 6.07) is 15.9. The van der Waals surface area contributed by atoms with Crippen LogP contribution >= 0.6 is 0 Å². The van der Waals surface area contributed by atoms with Crippen LogP contribution in [0.5, 0.6) is 0 Å². The van der Waals surface area contributed by atoms with Crippen molar-refractivity contribution in [1.29, 1.82) is 0 Å². The summed E-state index contributed by atoms with van der Waals surface area (Å²) in [5.74, 6) is -0.454. The first-order valence-electron chi connectivity index (χ1n) is 7.00. The second-order valence-electron chi connectivity index (χ2n) is 4.51. The van der Waals surface area contributed by atoms with Gasteiger partial charge >= 0.3 is 5.97 Å². The molecule has 2 aromatic carbocycles. The van der Waals surface area contributed by atoms with E-state index in [1.807, 2.05) is 18.2 Å². The average Bonchev–Trinajstić information content (AvgIpc) is 2.56. The van der Waals surface area contributed by atoms with Crippen molar-refractivity contribution < 1.29 is 14.3 Å². The number of hydrogen-bond acceptors (Lipinski definition) is 4. The highest BCUT2D eigenvalue weighted by molar-refractivity contribution is 6.04. The van der Waals surface area contributed by atoms with Crippen molar-refractivity contribution >= 4 is 17.4 Å². The van der Waals surface area contributed by atoms with Gasteiger partial charge in [-0.25, -0.2) is 4.79 Å². The first kappa shape index (κ1) is 15.5. The minimum absolute atomic E-state index is 0.0883. The molecule has 112 valence electrons. The second-order valence-corrected chi connectivity index (χ2v) is 4.51. The van der Waals surface area contributed by atoms with E-state index in [1.54, 1.807) is 49.5 Å². The number of ether oxygens (including phenoxy) is 1. The molecule has 0 unspecified atom stereocenters. The minimum Gasteiger partial charge on any atom is -0.462 e. The molecule has 0 saturated carbocycles. The number of hydrogen-bond donors (Lipinski definition) is 1. The molecule has 0 spiro atoms. The van der Waals surface area contributed by atoms with Gasteiger partial charge in [0.1, 0.15) is 0 Å². The molecule has 0 aromatic heterocycles. The first-order valence-corrected chi connectivity index (χ1v) is 7.00. The van der Waals surface area contributed by atoms with Gasteiger partial charge in [-0.15, -0.1) is 0 Å². The molecule has 2 rings (SSSR count). The molecular weight excluding hydrogens is 278 g/mol. The lowest BCUT2D eigenvalue weighted by molar-refractivity contribution is 0.0526. The highest BCUT2D eigenvalue weighted by atomic mass is 16.5. The average molecular weight is 295 g/mol. The number of benzene rings is 2. The van der Waals surface area contributed by atoms with Gasteiger partial charge in [0.25, 0.3) is 0 Å². The molecule has 1 N–H and O–H groups in total. The number of allylic oxidation sites excluding steroid dienone is 1. The number of rotatable bonds is 6. The zero-order chi connectivity index (χ0) is 15.8. The maximum absolute atomic E-state index is 11.9. The van der Waals surface area contributed by atoms with E-state index in [2.05, 4.69) is 5.32 Å². The molecule has 0 heterocycles. The molecule has 0 saturated heterocycles. The fourth-order valence-electron chi connectivity index (χ4n) is 1.86. The summed E-state index contributed by atoms with van der Waals surface area (Å²) in [7, 11) is 0. The van der Waals surface area contributed by atoms with Crippen LogP contribution in [-0.2, 0) is 4.74 Å². The van der Waals surface area contributed by atoms with Gasteiger partial charge in [-0.1, -0.05) is 36.4 Å². The van der Waals surface area contributed by atoms with E-state index in [0.29, 0.717) is 23.4 Å². The lowest BCUT2D eigenvalue weighted by atomic mass is 10.1. The van der Waals surface area contributed by atoms with E-state index in [9.17, 15) is 9.59 Å². The molecule has 0 radical (unpaired) electrons. The summed E-state index contributed by atoms with van der Waals surface area (Å²) >= 11 is 0. The van der Waals surface area contributed by atoms with Crippen LogP contribution in [0.15, 0.2) is 66.9 Å². The quantitative estimate of drug-likeness (QED) is 0.502. The zero-order valence-corrected chi connectivity index (χ0v) is 12.3. The molecule has 2 aromatic rings. The minimum atomic E-state index is -0.365. The molecule has 0 bridgehead atoms. The van der Waals surface area contributed by atoms with Crippen molar-refractivity contribution in [3.63, 3.8) is 0 Å². The number of carbonyl (C=O) groups is 2. The number of esters is 1. The van der Waals surface area contributed by atoms with Gasteiger partial charge in [0.2, 0.25) is 0 Å². The van der Waals surface area contributed by atoms with Gasteiger partial charge in [-0.05, 0) is 25.1 Å². The second kappa shape index (κ2) is 7.78. The molecule has 0 aliphatic carbocycles. The topological polar surface area (TPSA) is 55.4 Å². The van der Waals surface area contributed by atoms with Crippen LogP contribution in [0.2, 0.25) is 0 Å². The van der Waals surface area contributed by atoms with Crippen LogP contribution in [0.3, 0.4) is 0 Å². The van der Waals surface area contributed by atoms with E-state index >= 15 is 0 Å². The highest BCUT2D eigenvalue weighted by Gasteiger charge is 2.06. The summed E-state index contributed by atoms with van der Waals surface area (Å²) in [5, 5.41) is 2.97. The van der Waals surface area contributed by atoms with Crippen molar-refractivity contribution in [1.82, 2.24) is 0 Å². The molecule has 0 fully saturated rings. The highest BCUT2D eigenvalue weighted by Crippen LogP contribution is 2.12. The maximum atomic E-state index is 11.9. The van der Waals surface area contributed by atoms with Gasteiger partial charge < -0.3 is 10.1 Å². The fraction of sp³-hybridized carbons (Fsp3) is 0.111. The van der Waals surface area contributed by atoms with Gasteiger partial charge in [0.15, 0.2) is 5.78 Å². The SMILES string of the molecule is CCOC(=O)c1cccc(N/C=C/C(=O)c2ccccc2)c1. The maximum Gasteiger partial charge on any atom is 0.338 e. The molecule has 4 nitrogen and oxygen atoms in total. The Labute approximate surface area is 129 Å².